The average molecular weight is 382 g/mol. The Morgan fingerprint density at radius 1 is 1.29 bits per heavy atom. The quantitative estimate of drug-likeness (QED) is 0.717. The van der Waals surface area contributed by atoms with Crippen LogP contribution in [0.3, 0.4) is 0 Å². The zero-order valence-corrected chi connectivity index (χ0v) is 16.7. The lowest BCUT2D eigenvalue weighted by molar-refractivity contribution is 0.102. The summed E-state index contributed by atoms with van der Waals surface area (Å²) in [4.78, 5) is 22.2. The lowest BCUT2D eigenvalue weighted by Crippen LogP contribution is -2.27. The van der Waals surface area contributed by atoms with Crippen LogP contribution in [-0.4, -0.2) is 48.5 Å². The molecule has 0 saturated carbocycles. The van der Waals surface area contributed by atoms with E-state index in [2.05, 4.69) is 30.8 Å². The highest BCUT2D eigenvalue weighted by Crippen LogP contribution is 2.25. The number of carbonyl (C=O) groups is 1. The standard InChI is InChI=1S/C19H26N8O/c1-11(2)27-17-15(10-21-27)14(9-12(3)22-17)18(28)24-19-23-16(25-26(19)4)13-5-7-20-8-6-13/h9-11,13,20H,5-8H2,1-4H3,(H,23,24,25,28). The molecule has 0 aromatic carbocycles. The molecule has 148 valence electrons. The van der Waals surface area contributed by atoms with Crippen molar-refractivity contribution in [3.63, 3.8) is 0 Å². The van der Waals surface area contributed by atoms with Crippen LogP contribution in [0.15, 0.2) is 12.3 Å². The number of hydrogen-bond acceptors (Lipinski definition) is 6. The highest BCUT2D eigenvalue weighted by Gasteiger charge is 2.23. The van der Waals surface area contributed by atoms with Gasteiger partial charge in [-0.25, -0.2) is 14.3 Å². The van der Waals surface area contributed by atoms with Crippen molar-refractivity contribution < 1.29 is 4.79 Å². The Bertz CT molecular complexity index is 1010. The predicted octanol–water partition coefficient (Wildman–Crippen LogP) is 2.17. The van der Waals surface area contributed by atoms with Gasteiger partial charge in [0.15, 0.2) is 11.5 Å². The van der Waals surface area contributed by atoms with E-state index in [1.54, 1.807) is 24.0 Å². The topological polar surface area (TPSA) is 103 Å². The van der Waals surface area contributed by atoms with Gasteiger partial charge in [-0.1, -0.05) is 0 Å². The van der Waals surface area contributed by atoms with E-state index in [9.17, 15) is 4.79 Å². The highest BCUT2D eigenvalue weighted by molar-refractivity contribution is 6.11. The summed E-state index contributed by atoms with van der Waals surface area (Å²) >= 11 is 0. The molecule has 0 radical (unpaired) electrons. The Morgan fingerprint density at radius 2 is 2.04 bits per heavy atom. The maximum atomic E-state index is 13.0. The summed E-state index contributed by atoms with van der Waals surface area (Å²) in [5, 5.41) is 15.9. The number of hydrogen-bond donors (Lipinski definition) is 2. The largest absolute Gasteiger partial charge is 0.317 e. The van der Waals surface area contributed by atoms with E-state index >= 15 is 0 Å². The summed E-state index contributed by atoms with van der Waals surface area (Å²) in [5.41, 5.74) is 2.03. The predicted molar refractivity (Wildman–Crippen MR) is 106 cm³/mol. The van der Waals surface area contributed by atoms with Crippen LogP contribution in [0.1, 0.15) is 60.5 Å². The number of aromatic nitrogens is 6. The smallest absolute Gasteiger partial charge is 0.258 e. The van der Waals surface area contributed by atoms with E-state index in [0.717, 1.165) is 42.8 Å². The molecule has 0 aliphatic carbocycles. The van der Waals surface area contributed by atoms with Gasteiger partial charge in [0.25, 0.3) is 5.91 Å². The molecule has 0 bridgehead atoms. The number of nitrogens with one attached hydrogen (secondary N) is 2. The minimum absolute atomic E-state index is 0.161. The Labute approximate surface area is 163 Å². The number of pyridine rings is 1. The third kappa shape index (κ3) is 3.37. The number of piperidine rings is 1. The van der Waals surface area contributed by atoms with Gasteiger partial charge < -0.3 is 5.32 Å². The summed E-state index contributed by atoms with van der Waals surface area (Å²) in [6.45, 7) is 7.90. The zero-order chi connectivity index (χ0) is 19.8. The molecule has 4 heterocycles. The monoisotopic (exact) mass is 382 g/mol. The fourth-order valence-corrected chi connectivity index (χ4v) is 3.64. The zero-order valence-electron chi connectivity index (χ0n) is 16.7. The number of amides is 1. The van der Waals surface area contributed by atoms with Gasteiger partial charge in [-0.15, -0.1) is 0 Å². The summed E-state index contributed by atoms with van der Waals surface area (Å²) in [6, 6.07) is 1.95. The fraction of sp³-hybridized carbons (Fsp3) is 0.526. The van der Waals surface area contributed by atoms with Crippen molar-refractivity contribution in [2.24, 2.45) is 7.05 Å². The molecule has 0 atom stereocenters. The molecule has 0 unspecified atom stereocenters. The molecule has 28 heavy (non-hydrogen) atoms. The number of nitrogens with zero attached hydrogens (tertiary/aromatic N) is 6. The number of fused-ring (bicyclic) bond motifs is 1. The number of aryl methyl sites for hydroxylation is 2. The molecule has 3 aromatic rings. The lowest BCUT2D eigenvalue weighted by Gasteiger charge is -2.19. The fourth-order valence-electron chi connectivity index (χ4n) is 3.64. The molecular weight excluding hydrogens is 356 g/mol. The minimum Gasteiger partial charge on any atom is -0.317 e. The first-order chi connectivity index (χ1) is 13.4. The van der Waals surface area contributed by atoms with Gasteiger partial charge in [0, 0.05) is 24.7 Å². The van der Waals surface area contributed by atoms with Crippen LogP contribution in [0.2, 0.25) is 0 Å². The Hall–Kier alpha value is -2.81. The molecule has 9 heteroatoms. The first-order valence-corrected chi connectivity index (χ1v) is 9.72. The van der Waals surface area contributed by atoms with Crippen molar-refractivity contribution in [1.82, 2.24) is 34.8 Å². The highest BCUT2D eigenvalue weighted by atomic mass is 16.1. The maximum Gasteiger partial charge on any atom is 0.258 e. The van der Waals surface area contributed by atoms with Gasteiger partial charge in [-0.05, 0) is 52.8 Å². The normalized spacial score (nSPS) is 15.5. The van der Waals surface area contributed by atoms with Crippen LogP contribution in [-0.2, 0) is 7.05 Å². The molecule has 1 fully saturated rings. The van der Waals surface area contributed by atoms with Crippen LogP contribution >= 0.6 is 0 Å². The van der Waals surface area contributed by atoms with E-state index in [1.807, 2.05) is 25.5 Å². The molecule has 1 aliphatic rings. The number of rotatable bonds is 4. The Kier molecular flexibility index (Phi) is 4.84. The molecule has 1 amide bonds. The van der Waals surface area contributed by atoms with E-state index < -0.39 is 0 Å². The minimum atomic E-state index is -0.230. The first kappa shape index (κ1) is 18.5. The molecule has 1 saturated heterocycles. The third-order valence-corrected chi connectivity index (χ3v) is 5.14. The molecule has 9 nitrogen and oxygen atoms in total. The van der Waals surface area contributed by atoms with Gasteiger partial charge in [0.05, 0.1) is 17.1 Å². The van der Waals surface area contributed by atoms with Gasteiger partial charge in [0.1, 0.15) is 0 Å². The average Bonchev–Trinajstić information content (AvgIpc) is 3.25. The van der Waals surface area contributed by atoms with E-state index in [1.165, 1.54) is 0 Å². The summed E-state index contributed by atoms with van der Waals surface area (Å²) < 4.78 is 3.47. The SMILES string of the molecule is Cc1cc(C(=O)Nc2nc(C3CCNCC3)nn2C)c2cnn(C(C)C)c2n1. The van der Waals surface area contributed by atoms with Gasteiger partial charge >= 0.3 is 0 Å². The first-order valence-electron chi connectivity index (χ1n) is 9.72. The second-order valence-electron chi connectivity index (χ2n) is 7.63. The second kappa shape index (κ2) is 7.31. The Balaban J connectivity index is 1.63. The van der Waals surface area contributed by atoms with E-state index in [-0.39, 0.29) is 11.9 Å². The van der Waals surface area contributed by atoms with Crippen LogP contribution in [0, 0.1) is 6.92 Å². The number of carbonyl (C=O) groups excluding carboxylic acids is 1. The van der Waals surface area contributed by atoms with E-state index in [0.29, 0.717) is 23.1 Å². The second-order valence-corrected chi connectivity index (χ2v) is 7.63. The van der Waals surface area contributed by atoms with Crippen molar-refractivity contribution in [2.45, 2.75) is 45.6 Å². The Morgan fingerprint density at radius 3 is 2.75 bits per heavy atom. The molecular formula is C19H26N8O. The molecule has 2 N–H and O–H groups in total. The maximum absolute atomic E-state index is 13.0. The van der Waals surface area contributed by atoms with Gasteiger partial charge in [-0.3, -0.25) is 10.1 Å². The van der Waals surface area contributed by atoms with E-state index in [4.69, 9.17) is 0 Å². The van der Waals surface area contributed by atoms with Gasteiger partial charge in [0.2, 0.25) is 5.95 Å². The summed E-state index contributed by atoms with van der Waals surface area (Å²) in [5.74, 6) is 1.35. The van der Waals surface area contributed by atoms with Crippen molar-refractivity contribution in [1.29, 1.82) is 0 Å². The molecule has 3 aromatic heterocycles. The molecule has 0 spiro atoms. The van der Waals surface area contributed by atoms with Crippen LogP contribution in [0.25, 0.3) is 11.0 Å². The van der Waals surface area contributed by atoms with Crippen molar-refractivity contribution >= 4 is 22.9 Å². The third-order valence-electron chi connectivity index (χ3n) is 5.14. The summed E-state index contributed by atoms with van der Waals surface area (Å²) in [7, 11) is 1.80. The lowest BCUT2D eigenvalue weighted by atomic mass is 9.98. The van der Waals surface area contributed by atoms with Crippen LogP contribution < -0.4 is 10.6 Å². The van der Waals surface area contributed by atoms with Gasteiger partial charge in [-0.2, -0.15) is 15.2 Å². The molecule has 4 rings (SSSR count). The van der Waals surface area contributed by atoms with Crippen LogP contribution in [0.4, 0.5) is 5.95 Å². The van der Waals surface area contributed by atoms with Crippen molar-refractivity contribution in [3.8, 4) is 0 Å². The van der Waals surface area contributed by atoms with Crippen LogP contribution in [0.5, 0.6) is 0 Å². The molecule has 1 aliphatic heterocycles. The summed E-state index contributed by atoms with van der Waals surface area (Å²) in [6.07, 6.45) is 3.72. The number of anilines is 1. The van der Waals surface area contributed by atoms with Crippen molar-refractivity contribution in [2.75, 3.05) is 18.4 Å². The van der Waals surface area contributed by atoms with Crippen molar-refractivity contribution in [3.05, 3.63) is 29.3 Å².